The highest BCUT2D eigenvalue weighted by Gasteiger charge is 2.10. The van der Waals surface area contributed by atoms with Gasteiger partial charge in [0.1, 0.15) is 6.61 Å². The molecule has 2 aromatic carbocycles. The van der Waals surface area contributed by atoms with Crippen LogP contribution in [0.2, 0.25) is 5.02 Å². The molecule has 0 saturated carbocycles. The van der Waals surface area contributed by atoms with Gasteiger partial charge in [0, 0.05) is 12.3 Å². The Kier molecular flexibility index (Phi) is 8.43. The number of hydrogen-bond acceptors (Lipinski definition) is 4. The normalized spacial score (nSPS) is 10.7. The molecule has 2 rings (SSSR count). The van der Waals surface area contributed by atoms with Crippen molar-refractivity contribution in [2.24, 2.45) is 0 Å². The first-order valence-corrected chi connectivity index (χ1v) is 9.51. The van der Waals surface area contributed by atoms with Gasteiger partial charge in [0.05, 0.1) is 23.9 Å². The highest BCUT2D eigenvalue weighted by atomic mass is 35.5. The molecule has 0 aliphatic heterocycles. The molecule has 6 heteroatoms. The van der Waals surface area contributed by atoms with Crippen LogP contribution in [0.1, 0.15) is 32.3 Å². The van der Waals surface area contributed by atoms with Crippen LogP contribution in [0.5, 0.6) is 5.75 Å². The zero-order valence-corrected chi connectivity index (χ0v) is 16.8. The van der Waals surface area contributed by atoms with Gasteiger partial charge in [-0.2, -0.15) is 0 Å². The third-order valence-corrected chi connectivity index (χ3v) is 4.24. The standard InChI is InChI=1S/C21H27ClN2O3/c1-4-26-12-13-27-21-18(22)6-5-7-19(21)23-14-20(25)24-17-10-8-16(9-11-17)15(2)3/h5-11,15,23H,4,12-14H2,1-3H3,(H,24,25). The number of ether oxygens (including phenoxy) is 2. The molecule has 146 valence electrons. The first kappa shape index (κ1) is 21.1. The van der Waals surface area contributed by atoms with Gasteiger partial charge in [0.2, 0.25) is 5.91 Å². The van der Waals surface area contributed by atoms with Crippen molar-refractivity contribution >= 4 is 28.9 Å². The molecular formula is C21H27ClN2O3. The number of anilines is 2. The number of benzene rings is 2. The molecule has 5 nitrogen and oxygen atoms in total. The SMILES string of the molecule is CCOCCOc1c(Cl)cccc1NCC(=O)Nc1ccc(C(C)C)cc1. The van der Waals surface area contributed by atoms with Crippen LogP contribution in [0.15, 0.2) is 42.5 Å². The van der Waals surface area contributed by atoms with Crippen molar-refractivity contribution in [3.8, 4) is 5.75 Å². The van der Waals surface area contributed by atoms with Gasteiger partial charge >= 0.3 is 0 Å². The first-order chi connectivity index (χ1) is 13.0. The van der Waals surface area contributed by atoms with Crippen LogP contribution in [-0.4, -0.2) is 32.3 Å². The Bertz CT molecular complexity index is 733. The minimum Gasteiger partial charge on any atom is -0.487 e. The maximum Gasteiger partial charge on any atom is 0.243 e. The molecule has 0 aliphatic carbocycles. The molecule has 2 aromatic rings. The summed E-state index contributed by atoms with van der Waals surface area (Å²) < 4.78 is 11.0. The number of carbonyl (C=O) groups excluding carboxylic acids is 1. The molecule has 0 atom stereocenters. The molecule has 0 spiro atoms. The number of nitrogens with one attached hydrogen (secondary N) is 2. The summed E-state index contributed by atoms with van der Waals surface area (Å²) in [6.45, 7) is 7.81. The lowest BCUT2D eigenvalue weighted by Gasteiger charge is -2.15. The molecule has 0 saturated heterocycles. The quantitative estimate of drug-likeness (QED) is 0.565. The molecule has 0 unspecified atom stereocenters. The van der Waals surface area contributed by atoms with Crippen molar-refractivity contribution in [2.45, 2.75) is 26.7 Å². The molecule has 0 heterocycles. The fourth-order valence-corrected chi connectivity index (χ4v) is 2.70. The van der Waals surface area contributed by atoms with E-state index >= 15 is 0 Å². The van der Waals surface area contributed by atoms with Crippen LogP contribution in [-0.2, 0) is 9.53 Å². The summed E-state index contributed by atoms with van der Waals surface area (Å²) >= 11 is 6.22. The van der Waals surface area contributed by atoms with Crippen molar-refractivity contribution in [3.63, 3.8) is 0 Å². The third kappa shape index (κ3) is 6.77. The monoisotopic (exact) mass is 390 g/mol. The second-order valence-electron chi connectivity index (χ2n) is 6.34. The van der Waals surface area contributed by atoms with Crippen LogP contribution in [0.3, 0.4) is 0 Å². The molecule has 0 aromatic heterocycles. The molecular weight excluding hydrogens is 364 g/mol. The minimum atomic E-state index is -0.146. The maximum absolute atomic E-state index is 12.2. The van der Waals surface area contributed by atoms with Crippen LogP contribution in [0.4, 0.5) is 11.4 Å². The summed E-state index contributed by atoms with van der Waals surface area (Å²) in [6.07, 6.45) is 0. The van der Waals surface area contributed by atoms with E-state index < -0.39 is 0 Å². The summed E-state index contributed by atoms with van der Waals surface area (Å²) in [5.74, 6) is 0.834. The zero-order chi connectivity index (χ0) is 19.6. The van der Waals surface area contributed by atoms with E-state index in [1.165, 1.54) is 5.56 Å². The molecule has 2 N–H and O–H groups in total. The lowest BCUT2D eigenvalue weighted by atomic mass is 10.0. The predicted octanol–water partition coefficient (Wildman–Crippen LogP) is 4.93. The predicted molar refractivity (Wildman–Crippen MR) is 111 cm³/mol. The smallest absolute Gasteiger partial charge is 0.243 e. The Morgan fingerprint density at radius 2 is 1.85 bits per heavy atom. The Morgan fingerprint density at radius 3 is 2.52 bits per heavy atom. The average molecular weight is 391 g/mol. The van der Waals surface area contributed by atoms with Gasteiger partial charge in [-0.05, 0) is 42.7 Å². The highest BCUT2D eigenvalue weighted by Crippen LogP contribution is 2.32. The summed E-state index contributed by atoms with van der Waals surface area (Å²) in [5, 5.41) is 6.45. The van der Waals surface area contributed by atoms with E-state index in [0.29, 0.717) is 42.2 Å². The van der Waals surface area contributed by atoms with Gasteiger partial charge < -0.3 is 20.1 Å². The molecule has 0 fully saturated rings. The van der Waals surface area contributed by atoms with Gasteiger partial charge in [-0.3, -0.25) is 4.79 Å². The van der Waals surface area contributed by atoms with E-state index in [2.05, 4.69) is 24.5 Å². The first-order valence-electron chi connectivity index (χ1n) is 9.14. The van der Waals surface area contributed by atoms with Gasteiger partial charge in [-0.15, -0.1) is 0 Å². The molecule has 1 amide bonds. The topological polar surface area (TPSA) is 59.6 Å². The fourth-order valence-electron chi connectivity index (χ4n) is 2.47. The third-order valence-electron chi connectivity index (χ3n) is 3.95. The van der Waals surface area contributed by atoms with E-state index in [0.717, 1.165) is 5.69 Å². The second-order valence-corrected chi connectivity index (χ2v) is 6.75. The Hall–Kier alpha value is -2.24. The van der Waals surface area contributed by atoms with E-state index in [1.807, 2.05) is 43.3 Å². The van der Waals surface area contributed by atoms with Gasteiger partial charge in [-0.25, -0.2) is 0 Å². The lowest BCUT2D eigenvalue weighted by Crippen LogP contribution is -2.22. The van der Waals surface area contributed by atoms with E-state index in [-0.39, 0.29) is 12.5 Å². The number of carbonyl (C=O) groups is 1. The zero-order valence-electron chi connectivity index (χ0n) is 16.0. The van der Waals surface area contributed by atoms with Crippen LogP contribution < -0.4 is 15.4 Å². The van der Waals surface area contributed by atoms with E-state index in [9.17, 15) is 4.79 Å². The largest absolute Gasteiger partial charge is 0.487 e. The van der Waals surface area contributed by atoms with E-state index in [1.54, 1.807) is 6.07 Å². The second kappa shape index (κ2) is 10.8. The Balaban J connectivity index is 1.91. The average Bonchev–Trinajstić information content (AvgIpc) is 2.65. The van der Waals surface area contributed by atoms with Crippen molar-refractivity contribution < 1.29 is 14.3 Å². The molecule has 0 bridgehead atoms. The van der Waals surface area contributed by atoms with E-state index in [4.69, 9.17) is 21.1 Å². The Labute approximate surface area is 166 Å². The minimum absolute atomic E-state index is 0.105. The summed E-state index contributed by atoms with van der Waals surface area (Å²) in [6, 6.07) is 13.3. The summed E-state index contributed by atoms with van der Waals surface area (Å²) in [7, 11) is 0. The van der Waals surface area contributed by atoms with Gasteiger partial charge in [-0.1, -0.05) is 43.6 Å². The fraction of sp³-hybridized carbons (Fsp3) is 0.381. The van der Waals surface area contributed by atoms with Crippen LogP contribution in [0.25, 0.3) is 0 Å². The summed E-state index contributed by atoms with van der Waals surface area (Å²) in [4.78, 5) is 12.2. The summed E-state index contributed by atoms with van der Waals surface area (Å²) in [5.41, 5.74) is 2.67. The number of amides is 1. The van der Waals surface area contributed by atoms with Gasteiger partial charge in [0.25, 0.3) is 0 Å². The number of halogens is 1. The van der Waals surface area contributed by atoms with Crippen molar-refractivity contribution in [3.05, 3.63) is 53.1 Å². The number of hydrogen-bond donors (Lipinski definition) is 2. The van der Waals surface area contributed by atoms with Crippen LogP contribution in [0, 0.1) is 0 Å². The maximum atomic E-state index is 12.2. The van der Waals surface area contributed by atoms with Crippen LogP contribution >= 0.6 is 11.6 Å². The van der Waals surface area contributed by atoms with Crippen molar-refractivity contribution in [2.75, 3.05) is 37.0 Å². The molecule has 27 heavy (non-hydrogen) atoms. The molecule has 0 radical (unpaired) electrons. The number of rotatable bonds is 10. The van der Waals surface area contributed by atoms with Crippen molar-refractivity contribution in [1.29, 1.82) is 0 Å². The highest BCUT2D eigenvalue weighted by molar-refractivity contribution is 6.32. The Morgan fingerprint density at radius 1 is 1.11 bits per heavy atom. The van der Waals surface area contributed by atoms with Gasteiger partial charge in [0.15, 0.2) is 5.75 Å². The lowest BCUT2D eigenvalue weighted by molar-refractivity contribution is -0.114. The molecule has 0 aliphatic rings. The van der Waals surface area contributed by atoms with Crippen molar-refractivity contribution in [1.82, 2.24) is 0 Å². The number of para-hydroxylation sites is 1.